The van der Waals surface area contributed by atoms with E-state index in [0.717, 1.165) is 4.90 Å². The minimum Gasteiger partial charge on any atom is -0.494 e. The lowest BCUT2D eigenvalue weighted by molar-refractivity contribution is 0.153. The molecule has 0 spiro atoms. The molecule has 2 aromatic rings. The van der Waals surface area contributed by atoms with Crippen molar-refractivity contribution in [3.8, 4) is 11.4 Å². The van der Waals surface area contributed by atoms with Gasteiger partial charge in [-0.2, -0.15) is 5.10 Å². The van der Waals surface area contributed by atoms with Gasteiger partial charge in [-0.25, -0.2) is 13.9 Å². The third kappa shape index (κ3) is 2.88. The highest BCUT2D eigenvalue weighted by atomic mass is 19.1. The number of carbonyl (C=O) groups is 1. The van der Waals surface area contributed by atoms with Crippen LogP contribution in [-0.4, -0.2) is 40.0 Å². The van der Waals surface area contributed by atoms with Gasteiger partial charge in [0.2, 0.25) is 0 Å². The molecule has 1 aromatic carbocycles. The number of ether oxygens (including phenoxy) is 1. The van der Waals surface area contributed by atoms with Gasteiger partial charge in [0.1, 0.15) is 11.4 Å². The first-order valence-corrected chi connectivity index (χ1v) is 6.04. The molecule has 1 amide bonds. The zero-order valence-corrected chi connectivity index (χ0v) is 11.6. The Hall–Kier alpha value is -2.77. The van der Waals surface area contributed by atoms with Crippen LogP contribution in [0, 0.1) is 5.82 Å². The molecule has 0 saturated carbocycles. The van der Waals surface area contributed by atoms with Crippen LogP contribution in [0.5, 0.6) is 5.75 Å². The second-order valence-electron chi connectivity index (χ2n) is 4.45. The molecule has 7 nitrogen and oxygen atoms in total. The summed E-state index contributed by atoms with van der Waals surface area (Å²) < 4.78 is 20.5. The number of rotatable bonds is 4. The van der Waals surface area contributed by atoms with Crippen LogP contribution in [0.25, 0.3) is 5.69 Å². The number of nitrogens with zero attached hydrogens (tertiary/aromatic N) is 3. The zero-order chi connectivity index (χ0) is 15.6. The summed E-state index contributed by atoms with van der Waals surface area (Å²) in [4.78, 5) is 11.9. The number of anilines is 1. The van der Waals surface area contributed by atoms with Crippen LogP contribution in [0.1, 0.15) is 5.56 Å². The van der Waals surface area contributed by atoms with Gasteiger partial charge in [-0.3, -0.25) is 0 Å². The Bertz CT molecular complexity index is 671. The molecule has 112 valence electrons. The highest BCUT2D eigenvalue weighted by Crippen LogP contribution is 2.29. The Balaban J connectivity index is 2.38. The quantitative estimate of drug-likeness (QED) is 0.837. The average Bonchev–Trinajstić information content (AvgIpc) is 2.89. The van der Waals surface area contributed by atoms with E-state index >= 15 is 0 Å². The smallest absolute Gasteiger partial charge is 0.407 e. The summed E-state index contributed by atoms with van der Waals surface area (Å²) in [5, 5.41) is 12.9. The molecule has 0 bridgehead atoms. The molecule has 0 radical (unpaired) electrons. The number of benzene rings is 1. The molecule has 0 fully saturated rings. The van der Waals surface area contributed by atoms with Crippen molar-refractivity contribution in [1.29, 1.82) is 0 Å². The van der Waals surface area contributed by atoms with E-state index in [1.807, 2.05) is 0 Å². The van der Waals surface area contributed by atoms with E-state index in [1.54, 1.807) is 6.07 Å². The fourth-order valence-electron chi connectivity index (χ4n) is 1.85. The molecule has 0 atom stereocenters. The third-order valence-corrected chi connectivity index (χ3v) is 2.94. The number of nitrogen functional groups attached to an aromatic ring is 1. The highest BCUT2D eigenvalue weighted by Gasteiger charge is 2.16. The lowest BCUT2D eigenvalue weighted by Crippen LogP contribution is -2.23. The molecule has 21 heavy (non-hydrogen) atoms. The third-order valence-electron chi connectivity index (χ3n) is 2.94. The minimum absolute atomic E-state index is 0.0227. The van der Waals surface area contributed by atoms with Gasteiger partial charge >= 0.3 is 6.09 Å². The first-order chi connectivity index (χ1) is 9.93. The van der Waals surface area contributed by atoms with Crippen LogP contribution in [0.15, 0.2) is 24.5 Å². The van der Waals surface area contributed by atoms with Gasteiger partial charge in [0, 0.05) is 18.8 Å². The number of halogens is 1. The van der Waals surface area contributed by atoms with Crippen molar-refractivity contribution in [1.82, 2.24) is 14.7 Å². The molecule has 0 unspecified atom stereocenters. The number of methoxy groups -OCH3 is 1. The number of hydrogen-bond acceptors (Lipinski definition) is 4. The number of aromatic nitrogens is 2. The Labute approximate surface area is 120 Å². The number of amides is 1. The largest absolute Gasteiger partial charge is 0.494 e. The molecule has 2 rings (SSSR count). The predicted molar refractivity (Wildman–Crippen MR) is 74.0 cm³/mol. The second kappa shape index (κ2) is 5.70. The van der Waals surface area contributed by atoms with Crippen LogP contribution in [0.4, 0.5) is 14.9 Å². The van der Waals surface area contributed by atoms with Crippen LogP contribution in [0.3, 0.4) is 0 Å². The van der Waals surface area contributed by atoms with Crippen molar-refractivity contribution in [2.75, 3.05) is 19.9 Å². The zero-order valence-electron chi connectivity index (χ0n) is 11.6. The van der Waals surface area contributed by atoms with E-state index in [1.165, 1.54) is 37.3 Å². The van der Waals surface area contributed by atoms with Crippen molar-refractivity contribution >= 4 is 11.8 Å². The molecule has 0 aliphatic carbocycles. The molecule has 8 heteroatoms. The van der Waals surface area contributed by atoms with Crippen molar-refractivity contribution < 1.29 is 19.0 Å². The van der Waals surface area contributed by atoms with Crippen LogP contribution >= 0.6 is 0 Å². The SMILES string of the molecule is COc1ccc(N)c(F)c1-n1cc(CN(C)C(=O)O)cn1. The maximum Gasteiger partial charge on any atom is 0.407 e. The van der Waals surface area contributed by atoms with Crippen molar-refractivity contribution in [3.63, 3.8) is 0 Å². The maximum absolute atomic E-state index is 14.2. The molecule has 3 N–H and O–H groups in total. The molecule has 0 aliphatic heterocycles. The van der Waals surface area contributed by atoms with Crippen LogP contribution in [-0.2, 0) is 6.54 Å². The van der Waals surface area contributed by atoms with Gasteiger partial charge < -0.3 is 20.5 Å². The van der Waals surface area contributed by atoms with Gasteiger partial charge in [-0.15, -0.1) is 0 Å². The Morgan fingerprint density at radius 3 is 2.90 bits per heavy atom. The Morgan fingerprint density at radius 2 is 2.29 bits per heavy atom. The normalized spacial score (nSPS) is 10.4. The van der Waals surface area contributed by atoms with E-state index in [2.05, 4.69) is 5.10 Å². The van der Waals surface area contributed by atoms with Crippen molar-refractivity contribution in [3.05, 3.63) is 35.9 Å². The van der Waals surface area contributed by atoms with Crippen molar-refractivity contribution in [2.24, 2.45) is 0 Å². The lowest BCUT2D eigenvalue weighted by Gasteiger charge is -2.12. The van der Waals surface area contributed by atoms with Crippen LogP contribution in [0.2, 0.25) is 0 Å². The summed E-state index contributed by atoms with van der Waals surface area (Å²) in [6.07, 6.45) is 1.93. The van der Waals surface area contributed by atoms with E-state index < -0.39 is 11.9 Å². The number of nitrogens with two attached hydrogens (primary N) is 1. The van der Waals surface area contributed by atoms with Gasteiger partial charge in [-0.05, 0) is 12.1 Å². The summed E-state index contributed by atoms with van der Waals surface area (Å²) in [7, 11) is 2.85. The molecule has 1 heterocycles. The second-order valence-corrected chi connectivity index (χ2v) is 4.45. The molecule has 0 saturated heterocycles. The fourth-order valence-corrected chi connectivity index (χ4v) is 1.85. The minimum atomic E-state index is -1.06. The summed E-state index contributed by atoms with van der Waals surface area (Å²) >= 11 is 0. The molecule has 1 aromatic heterocycles. The molecule has 0 aliphatic rings. The Kier molecular flexibility index (Phi) is 3.97. The fraction of sp³-hybridized carbons (Fsp3) is 0.231. The summed E-state index contributed by atoms with van der Waals surface area (Å²) in [5.41, 5.74) is 6.23. The van der Waals surface area contributed by atoms with E-state index in [0.29, 0.717) is 5.56 Å². The average molecular weight is 294 g/mol. The van der Waals surface area contributed by atoms with E-state index in [9.17, 15) is 9.18 Å². The summed E-state index contributed by atoms with van der Waals surface area (Å²) in [6.45, 7) is 0.140. The number of carboxylic acid groups (broad SMARTS) is 1. The lowest BCUT2D eigenvalue weighted by atomic mass is 10.2. The topological polar surface area (TPSA) is 93.6 Å². The predicted octanol–water partition coefficient (Wildman–Crippen LogP) is 1.71. The molecular weight excluding hydrogens is 279 g/mol. The van der Waals surface area contributed by atoms with Gasteiger partial charge in [0.05, 0.1) is 25.5 Å². The Morgan fingerprint density at radius 1 is 1.57 bits per heavy atom. The first-order valence-electron chi connectivity index (χ1n) is 6.04. The van der Waals surface area contributed by atoms with E-state index in [-0.39, 0.29) is 23.7 Å². The van der Waals surface area contributed by atoms with Gasteiger partial charge in [0.15, 0.2) is 5.82 Å². The van der Waals surface area contributed by atoms with Crippen molar-refractivity contribution in [2.45, 2.75) is 6.54 Å². The standard InChI is InChI=1S/C13H15FN4O3/c1-17(13(19)20)6-8-5-16-18(7-8)12-10(21-2)4-3-9(15)11(12)14/h3-5,7H,6,15H2,1-2H3,(H,19,20). The van der Waals surface area contributed by atoms with Gasteiger partial charge in [-0.1, -0.05) is 0 Å². The summed E-state index contributed by atoms with van der Waals surface area (Å²) in [5.74, 6) is -0.362. The monoisotopic (exact) mass is 294 g/mol. The van der Waals surface area contributed by atoms with E-state index in [4.69, 9.17) is 15.6 Å². The molecular formula is C13H15FN4O3. The van der Waals surface area contributed by atoms with Crippen LogP contribution < -0.4 is 10.5 Å². The number of hydrogen-bond donors (Lipinski definition) is 2. The van der Waals surface area contributed by atoms with Gasteiger partial charge in [0.25, 0.3) is 0 Å². The summed E-state index contributed by atoms with van der Waals surface area (Å²) in [6, 6.07) is 2.94. The highest BCUT2D eigenvalue weighted by molar-refractivity contribution is 5.64. The first kappa shape index (κ1) is 14.6. The maximum atomic E-state index is 14.2.